The SMILES string of the molecule is CC(C)(C)c1ccc2c(c1)C#Cc1cc(C(C)(C)C)ccc1OCCO2. The lowest BCUT2D eigenvalue weighted by molar-refractivity contribution is 0.216. The van der Waals surface area contributed by atoms with Crippen LogP contribution in [0.2, 0.25) is 0 Å². The summed E-state index contributed by atoms with van der Waals surface area (Å²) in [5.74, 6) is 8.30. The zero-order chi connectivity index (χ0) is 18.9. The topological polar surface area (TPSA) is 18.5 Å². The Bertz CT molecular complexity index is 796. The highest BCUT2D eigenvalue weighted by molar-refractivity contribution is 5.56. The van der Waals surface area contributed by atoms with E-state index in [0.717, 1.165) is 22.6 Å². The second kappa shape index (κ2) is 6.72. The van der Waals surface area contributed by atoms with Crippen molar-refractivity contribution in [3.8, 4) is 23.3 Å². The minimum absolute atomic E-state index is 0.0758. The molecule has 26 heavy (non-hydrogen) atoms. The van der Waals surface area contributed by atoms with E-state index in [1.54, 1.807) is 0 Å². The van der Waals surface area contributed by atoms with Gasteiger partial charge in [-0.15, -0.1) is 0 Å². The van der Waals surface area contributed by atoms with Crippen LogP contribution in [0.5, 0.6) is 11.5 Å². The Morgan fingerprint density at radius 2 is 1.04 bits per heavy atom. The van der Waals surface area contributed by atoms with Gasteiger partial charge in [0.05, 0.1) is 11.1 Å². The number of benzene rings is 2. The van der Waals surface area contributed by atoms with Crippen molar-refractivity contribution in [2.24, 2.45) is 0 Å². The van der Waals surface area contributed by atoms with E-state index in [1.807, 2.05) is 12.1 Å². The molecule has 0 saturated heterocycles. The minimum Gasteiger partial charge on any atom is -0.489 e. The molecular weight excluding hydrogens is 320 g/mol. The molecule has 2 nitrogen and oxygen atoms in total. The van der Waals surface area contributed by atoms with Crippen LogP contribution >= 0.6 is 0 Å². The van der Waals surface area contributed by atoms with Crippen molar-refractivity contribution in [3.05, 3.63) is 58.7 Å². The second-order valence-corrected chi connectivity index (χ2v) is 8.87. The Labute approximate surface area is 157 Å². The molecule has 0 amide bonds. The molecule has 2 aromatic rings. The van der Waals surface area contributed by atoms with Gasteiger partial charge in [-0.3, -0.25) is 0 Å². The van der Waals surface area contributed by atoms with E-state index in [1.165, 1.54) is 11.1 Å². The van der Waals surface area contributed by atoms with Crippen molar-refractivity contribution in [2.75, 3.05) is 13.2 Å². The van der Waals surface area contributed by atoms with Gasteiger partial charge in [-0.25, -0.2) is 0 Å². The summed E-state index contributed by atoms with van der Waals surface area (Å²) in [6, 6.07) is 12.6. The van der Waals surface area contributed by atoms with E-state index < -0.39 is 0 Å². The molecule has 0 fully saturated rings. The average molecular weight is 348 g/mol. The number of rotatable bonds is 0. The van der Waals surface area contributed by atoms with Gasteiger partial charge in [0.15, 0.2) is 0 Å². The molecule has 3 rings (SSSR count). The van der Waals surface area contributed by atoms with Crippen LogP contribution in [0.25, 0.3) is 0 Å². The first kappa shape index (κ1) is 18.4. The standard InChI is InChI=1S/C24H28O2/c1-23(2,3)19-9-11-21-17(15-19)7-8-18-16-20(24(4,5)6)10-12-22(18)26-14-13-25-21/h9-12,15-16H,13-14H2,1-6H3. The fourth-order valence-corrected chi connectivity index (χ4v) is 2.88. The molecular formula is C24H28O2. The van der Waals surface area contributed by atoms with Gasteiger partial charge in [0.1, 0.15) is 24.7 Å². The fourth-order valence-electron chi connectivity index (χ4n) is 2.88. The lowest BCUT2D eigenvalue weighted by atomic mass is 9.85. The minimum atomic E-state index is 0.0758. The predicted octanol–water partition coefficient (Wildman–Crippen LogP) is 5.45. The summed E-state index contributed by atoms with van der Waals surface area (Å²) in [4.78, 5) is 0. The predicted molar refractivity (Wildman–Crippen MR) is 107 cm³/mol. The summed E-state index contributed by atoms with van der Waals surface area (Å²) in [5, 5.41) is 0. The Hall–Kier alpha value is -2.40. The lowest BCUT2D eigenvalue weighted by Crippen LogP contribution is -2.14. The highest BCUT2D eigenvalue weighted by atomic mass is 16.5. The molecule has 0 saturated carbocycles. The first-order valence-corrected chi connectivity index (χ1v) is 9.21. The number of ether oxygens (including phenoxy) is 2. The molecule has 0 aromatic heterocycles. The third-order valence-corrected chi connectivity index (χ3v) is 4.62. The molecule has 136 valence electrons. The first-order valence-electron chi connectivity index (χ1n) is 9.21. The van der Waals surface area contributed by atoms with E-state index in [-0.39, 0.29) is 10.8 Å². The van der Waals surface area contributed by atoms with Crippen molar-refractivity contribution in [3.63, 3.8) is 0 Å². The van der Waals surface area contributed by atoms with Gasteiger partial charge in [-0.2, -0.15) is 0 Å². The van der Waals surface area contributed by atoms with Crippen LogP contribution < -0.4 is 9.47 Å². The normalized spacial score (nSPS) is 14.1. The highest BCUT2D eigenvalue weighted by Crippen LogP contribution is 2.30. The summed E-state index contributed by atoms with van der Waals surface area (Å²) in [5.41, 5.74) is 4.54. The van der Waals surface area contributed by atoms with E-state index in [0.29, 0.717) is 13.2 Å². The zero-order valence-electron chi connectivity index (χ0n) is 16.7. The first-order chi connectivity index (χ1) is 12.1. The van der Waals surface area contributed by atoms with Crippen LogP contribution in [0.3, 0.4) is 0 Å². The largest absolute Gasteiger partial charge is 0.489 e. The molecule has 1 aliphatic heterocycles. The van der Waals surface area contributed by atoms with E-state index in [2.05, 4.69) is 77.6 Å². The molecule has 0 atom stereocenters. The lowest BCUT2D eigenvalue weighted by Gasteiger charge is -2.21. The summed E-state index contributed by atoms with van der Waals surface area (Å²) >= 11 is 0. The molecule has 0 bridgehead atoms. The maximum atomic E-state index is 5.90. The second-order valence-electron chi connectivity index (χ2n) is 8.87. The summed E-state index contributed by atoms with van der Waals surface area (Å²) < 4.78 is 11.8. The molecule has 0 unspecified atom stereocenters. The quantitative estimate of drug-likeness (QED) is 0.589. The number of hydrogen-bond donors (Lipinski definition) is 0. The Balaban J connectivity index is 2.11. The molecule has 0 aliphatic carbocycles. The van der Waals surface area contributed by atoms with Crippen LogP contribution in [-0.4, -0.2) is 13.2 Å². The van der Waals surface area contributed by atoms with Crippen LogP contribution in [0.1, 0.15) is 63.8 Å². The maximum Gasteiger partial charge on any atom is 0.135 e. The molecule has 1 aliphatic rings. The van der Waals surface area contributed by atoms with E-state index in [4.69, 9.17) is 9.47 Å². The monoisotopic (exact) mass is 348 g/mol. The Morgan fingerprint density at radius 3 is 1.38 bits per heavy atom. The van der Waals surface area contributed by atoms with Crippen LogP contribution in [0.4, 0.5) is 0 Å². The molecule has 1 heterocycles. The van der Waals surface area contributed by atoms with Crippen LogP contribution in [0, 0.1) is 11.8 Å². The van der Waals surface area contributed by atoms with E-state index >= 15 is 0 Å². The van der Waals surface area contributed by atoms with Crippen molar-refractivity contribution >= 4 is 0 Å². The van der Waals surface area contributed by atoms with Crippen LogP contribution in [0.15, 0.2) is 36.4 Å². The van der Waals surface area contributed by atoms with E-state index in [9.17, 15) is 0 Å². The van der Waals surface area contributed by atoms with Crippen molar-refractivity contribution in [1.29, 1.82) is 0 Å². The van der Waals surface area contributed by atoms with Gasteiger partial charge in [-0.05, 0) is 46.2 Å². The third-order valence-electron chi connectivity index (χ3n) is 4.62. The summed E-state index contributed by atoms with van der Waals surface area (Å²) in [6.07, 6.45) is 0. The number of fused-ring (bicyclic) bond motifs is 2. The van der Waals surface area contributed by atoms with Gasteiger partial charge in [0.2, 0.25) is 0 Å². The smallest absolute Gasteiger partial charge is 0.135 e. The molecule has 0 radical (unpaired) electrons. The molecule has 0 spiro atoms. The van der Waals surface area contributed by atoms with Gasteiger partial charge in [0, 0.05) is 0 Å². The summed E-state index contributed by atoms with van der Waals surface area (Å²) in [7, 11) is 0. The maximum absolute atomic E-state index is 5.90. The molecule has 2 heteroatoms. The third kappa shape index (κ3) is 4.05. The summed E-state index contributed by atoms with van der Waals surface area (Å²) in [6.45, 7) is 14.3. The van der Waals surface area contributed by atoms with Gasteiger partial charge in [0.25, 0.3) is 0 Å². The Kier molecular flexibility index (Phi) is 4.76. The van der Waals surface area contributed by atoms with Gasteiger partial charge >= 0.3 is 0 Å². The Morgan fingerprint density at radius 1 is 0.654 bits per heavy atom. The van der Waals surface area contributed by atoms with Gasteiger partial charge < -0.3 is 9.47 Å². The zero-order valence-corrected chi connectivity index (χ0v) is 16.7. The average Bonchev–Trinajstić information content (AvgIpc) is 2.56. The highest BCUT2D eigenvalue weighted by Gasteiger charge is 2.18. The van der Waals surface area contributed by atoms with Crippen molar-refractivity contribution < 1.29 is 9.47 Å². The molecule has 2 aromatic carbocycles. The fraction of sp³-hybridized carbons (Fsp3) is 0.417. The van der Waals surface area contributed by atoms with Gasteiger partial charge in [-0.1, -0.05) is 65.5 Å². The van der Waals surface area contributed by atoms with Crippen LogP contribution in [-0.2, 0) is 10.8 Å². The van der Waals surface area contributed by atoms with Crippen molar-refractivity contribution in [2.45, 2.75) is 52.4 Å². The van der Waals surface area contributed by atoms with Crippen molar-refractivity contribution in [1.82, 2.24) is 0 Å². The molecule has 0 N–H and O–H groups in total. The number of hydrogen-bond acceptors (Lipinski definition) is 2.